The standard InChI is InChI=1S/C11H10F2O2/c12-7-3-1-4-8(13)10(7)11(14)9-5-2-6-15-9/h1,3-5,11,14H,2,6H2. The Morgan fingerprint density at radius 1 is 1.27 bits per heavy atom. The van der Waals surface area contributed by atoms with Crippen LogP contribution >= 0.6 is 0 Å². The number of hydrogen-bond donors (Lipinski definition) is 1. The second kappa shape index (κ2) is 3.98. The third-order valence-corrected chi connectivity index (χ3v) is 2.27. The normalized spacial score (nSPS) is 17.1. The highest BCUT2D eigenvalue weighted by Gasteiger charge is 2.24. The highest BCUT2D eigenvalue weighted by Crippen LogP contribution is 2.29. The molecule has 2 nitrogen and oxygen atoms in total. The molecule has 1 heterocycles. The van der Waals surface area contributed by atoms with E-state index in [2.05, 4.69) is 0 Å². The Balaban J connectivity index is 2.36. The fourth-order valence-electron chi connectivity index (χ4n) is 1.54. The van der Waals surface area contributed by atoms with Crippen molar-refractivity contribution >= 4 is 0 Å². The molecule has 80 valence electrons. The van der Waals surface area contributed by atoms with Crippen LogP contribution in [0.3, 0.4) is 0 Å². The Morgan fingerprint density at radius 3 is 2.47 bits per heavy atom. The molecule has 1 unspecified atom stereocenters. The molecule has 0 aliphatic carbocycles. The van der Waals surface area contributed by atoms with Gasteiger partial charge >= 0.3 is 0 Å². The summed E-state index contributed by atoms with van der Waals surface area (Å²) in [6.45, 7) is 0.447. The van der Waals surface area contributed by atoms with Gasteiger partial charge in [0.25, 0.3) is 0 Å². The van der Waals surface area contributed by atoms with Crippen molar-refractivity contribution < 1.29 is 18.6 Å². The van der Waals surface area contributed by atoms with E-state index in [1.165, 1.54) is 6.07 Å². The van der Waals surface area contributed by atoms with Gasteiger partial charge in [-0.1, -0.05) is 6.07 Å². The van der Waals surface area contributed by atoms with E-state index >= 15 is 0 Å². The van der Waals surface area contributed by atoms with Gasteiger partial charge in [-0.3, -0.25) is 0 Å². The van der Waals surface area contributed by atoms with Crippen LogP contribution in [0.25, 0.3) is 0 Å². The van der Waals surface area contributed by atoms with E-state index in [0.717, 1.165) is 12.1 Å². The Kier molecular flexibility index (Phi) is 2.68. The van der Waals surface area contributed by atoms with Crippen molar-refractivity contribution in [3.63, 3.8) is 0 Å². The maximum absolute atomic E-state index is 13.3. The molecule has 0 radical (unpaired) electrons. The van der Waals surface area contributed by atoms with E-state index < -0.39 is 17.7 Å². The van der Waals surface area contributed by atoms with Crippen LogP contribution in [0.1, 0.15) is 18.1 Å². The fourth-order valence-corrected chi connectivity index (χ4v) is 1.54. The number of rotatable bonds is 2. The molecule has 0 saturated carbocycles. The minimum Gasteiger partial charge on any atom is -0.495 e. The Bertz CT molecular complexity index is 381. The Hall–Kier alpha value is -1.42. The van der Waals surface area contributed by atoms with Crippen molar-refractivity contribution in [2.24, 2.45) is 0 Å². The number of halogens is 2. The molecule has 1 aliphatic heterocycles. The van der Waals surface area contributed by atoms with Crippen molar-refractivity contribution in [2.45, 2.75) is 12.5 Å². The largest absolute Gasteiger partial charge is 0.495 e. The zero-order chi connectivity index (χ0) is 10.8. The number of hydrogen-bond acceptors (Lipinski definition) is 2. The minimum absolute atomic E-state index is 0.221. The van der Waals surface area contributed by atoms with Crippen LogP contribution in [0.4, 0.5) is 8.78 Å². The lowest BCUT2D eigenvalue weighted by Gasteiger charge is -2.13. The van der Waals surface area contributed by atoms with Gasteiger partial charge in [-0.25, -0.2) is 8.78 Å². The summed E-state index contributed by atoms with van der Waals surface area (Å²) in [5.74, 6) is -1.31. The monoisotopic (exact) mass is 212 g/mol. The van der Waals surface area contributed by atoms with Gasteiger partial charge in [0.15, 0.2) is 0 Å². The fraction of sp³-hybridized carbons (Fsp3) is 0.273. The molecule has 15 heavy (non-hydrogen) atoms. The number of aliphatic hydroxyl groups is 1. The first kappa shape index (κ1) is 10.1. The summed E-state index contributed by atoms with van der Waals surface area (Å²) in [4.78, 5) is 0. The van der Waals surface area contributed by atoms with Crippen molar-refractivity contribution in [1.82, 2.24) is 0 Å². The highest BCUT2D eigenvalue weighted by molar-refractivity contribution is 5.27. The van der Waals surface area contributed by atoms with Crippen molar-refractivity contribution in [1.29, 1.82) is 0 Å². The molecule has 0 spiro atoms. The number of aliphatic hydroxyl groups excluding tert-OH is 1. The summed E-state index contributed by atoms with van der Waals surface area (Å²) in [6.07, 6.45) is 0.938. The van der Waals surface area contributed by atoms with Crippen LogP contribution in [-0.2, 0) is 4.74 Å². The third kappa shape index (κ3) is 1.85. The van der Waals surface area contributed by atoms with E-state index in [9.17, 15) is 13.9 Å². The minimum atomic E-state index is -1.35. The van der Waals surface area contributed by atoms with Crippen LogP contribution in [0, 0.1) is 11.6 Å². The second-order valence-corrected chi connectivity index (χ2v) is 3.28. The molecule has 0 saturated heterocycles. The molecule has 1 aromatic rings. The average Bonchev–Trinajstić information content (AvgIpc) is 2.69. The Morgan fingerprint density at radius 2 is 1.93 bits per heavy atom. The summed E-state index contributed by atoms with van der Waals surface area (Å²) < 4.78 is 31.6. The molecule has 0 bridgehead atoms. The van der Waals surface area contributed by atoms with E-state index in [-0.39, 0.29) is 11.3 Å². The lowest BCUT2D eigenvalue weighted by Crippen LogP contribution is -2.07. The molecular weight excluding hydrogens is 202 g/mol. The molecule has 0 amide bonds. The van der Waals surface area contributed by atoms with Gasteiger partial charge in [-0.15, -0.1) is 0 Å². The van der Waals surface area contributed by atoms with Gasteiger partial charge in [0.2, 0.25) is 0 Å². The predicted molar refractivity (Wildman–Crippen MR) is 50.0 cm³/mol. The molecular formula is C11H10F2O2. The zero-order valence-corrected chi connectivity index (χ0v) is 7.91. The first-order valence-electron chi connectivity index (χ1n) is 4.65. The molecule has 0 fully saturated rings. The van der Waals surface area contributed by atoms with Crippen LogP contribution < -0.4 is 0 Å². The highest BCUT2D eigenvalue weighted by atomic mass is 19.1. The second-order valence-electron chi connectivity index (χ2n) is 3.28. The summed E-state index contributed by atoms with van der Waals surface area (Å²) in [5.41, 5.74) is -0.356. The maximum atomic E-state index is 13.3. The van der Waals surface area contributed by atoms with Crippen molar-refractivity contribution in [3.8, 4) is 0 Å². The van der Waals surface area contributed by atoms with E-state index in [0.29, 0.717) is 13.0 Å². The lowest BCUT2D eigenvalue weighted by molar-refractivity contribution is 0.113. The molecule has 1 atom stereocenters. The third-order valence-electron chi connectivity index (χ3n) is 2.27. The van der Waals surface area contributed by atoms with Crippen molar-refractivity contribution in [2.75, 3.05) is 6.61 Å². The maximum Gasteiger partial charge on any atom is 0.141 e. The van der Waals surface area contributed by atoms with Gasteiger partial charge in [-0.05, 0) is 18.2 Å². The summed E-state index contributed by atoms with van der Waals surface area (Å²) >= 11 is 0. The lowest BCUT2D eigenvalue weighted by atomic mass is 10.1. The molecule has 0 aromatic heterocycles. The summed E-state index contributed by atoms with van der Waals surface area (Å²) in [7, 11) is 0. The summed E-state index contributed by atoms with van der Waals surface area (Å²) in [5, 5.41) is 9.71. The summed E-state index contributed by atoms with van der Waals surface area (Å²) in [6, 6.07) is 3.47. The Labute approximate surface area is 85.8 Å². The van der Waals surface area contributed by atoms with Gasteiger partial charge in [0.1, 0.15) is 23.5 Å². The smallest absolute Gasteiger partial charge is 0.141 e. The van der Waals surface area contributed by atoms with Gasteiger partial charge < -0.3 is 9.84 Å². The van der Waals surface area contributed by atoms with E-state index in [1.807, 2.05) is 0 Å². The van der Waals surface area contributed by atoms with Gasteiger partial charge in [0.05, 0.1) is 12.2 Å². The quantitative estimate of drug-likeness (QED) is 0.815. The van der Waals surface area contributed by atoms with Gasteiger partial charge in [0, 0.05) is 6.42 Å². The van der Waals surface area contributed by atoms with E-state index in [4.69, 9.17) is 4.74 Å². The molecule has 1 aromatic carbocycles. The number of ether oxygens (including phenoxy) is 1. The first-order chi connectivity index (χ1) is 7.20. The molecule has 1 N–H and O–H groups in total. The van der Waals surface area contributed by atoms with Crippen LogP contribution in [0.5, 0.6) is 0 Å². The zero-order valence-electron chi connectivity index (χ0n) is 7.91. The van der Waals surface area contributed by atoms with Crippen molar-refractivity contribution in [3.05, 3.63) is 47.2 Å². The predicted octanol–water partition coefficient (Wildman–Crippen LogP) is 2.30. The van der Waals surface area contributed by atoms with Gasteiger partial charge in [-0.2, -0.15) is 0 Å². The SMILES string of the molecule is OC(C1=CCCO1)c1c(F)cccc1F. The van der Waals surface area contributed by atoms with Crippen LogP contribution in [0.2, 0.25) is 0 Å². The van der Waals surface area contributed by atoms with Crippen LogP contribution in [0.15, 0.2) is 30.0 Å². The van der Waals surface area contributed by atoms with E-state index in [1.54, 1.807) is 6.08 Å². The molecule has 2 rings (SSSR count). The molecule has 4 heteroatoms. The first-order valence-corrected chi connectivity index (χ1v) is 4.65. The molecule has 1 aliphatic rings. The topological polar surface area (TPSA) is 29.5 Å². The average molecular weight is 212 g/mol. The number of benzene rings is 1. The van der Waals surface area contributed by atoms with Crippen LogP contribution in [-0.4, -0.2) is 11.7 Å².